The molecule has 0 saturated heterocycles. The van der Waals surface area contributed by atoms with Gasteiger partial charge < -0.3 is 4.98 Å². The maximum absolute atomic E-state index is 4.60. The van der Waals surface area contributed by atoms with Crippen LogP contribution in [0.2, 0.25) is 0 Å². The topological polar surface area (TPSA) is 28.7 Å². The molecule has 2 rings (SSSR count). The van der Waals surface area contributed by atoms with Crippen molar-refractivity contribution in [2.45, 2.75) is 57.6 Å². The van der Waals surface area contributed by atoms with Gasteiger partial charge in [0.15, 0.2) is 0 Å². The zero-order valence-electron chi connectivity index (χ0n) is 12.5. The smallest absolute Gasteiger partial charge is 0.117 e. The molecule has 0 aliphatic carbocycles. The molecule has 0 amide bonds. The molecule has 2 nitrogen and oxygen atoms in total. The van der Waals surface area contributed by atoms with Crippen molar-refractivity contribution in [2.24, 2.45) is 0 Å². The number of aromatic nitrogens is 2. The summed E-state index contributed by atoms with van der Waals surface area (Å²) in [6.07, 6.45) is 9.72. The Morgan fingerprint density at radius 2 is 1.75 bits per heavy atom. The molecule has 0 atom stereocenters. The van der Waals surface area contributed by atoms with Crippen LogP contribution in [0.3, 0.4) is 0 Å². The summed E-state index contributed by atoms with van der Waals surface area (Å²) < 4.78 is 0. The third-order valence-electron chi connectivity index (χ3n) is 3.57. The minimum Gasteiger partial charge on any atom is -0.341 e. The summed E-state index contributed by atoms with van der Waals surface area (Å²) in [6, 6.07) is 8.25. The zero-order valence-corrected chi connectivity index (χ0v) is 13.3. The fourth-order valence-electron chi connectivity index (χ4n) is 2.40. The van der Waals surface area contributed by atoms with E-state index in [-0.39, 0.29) is 0 Å². The van der Waals surface area contributed by atoms with E-state index in [9.17, 15) is 0 Å². The Kier molecular flexibility index (Phi) is 6.99. The largest absolute Gasteiger partial charge is 0.341 e. The maximum Gasteiger partial charge on any atom is 0.117 e. The Labute approximate surface area is 126 Å². The van der Waals surface area contributed by atoms with E-state index in [1.807, 2.05) is 17.8 Å². The maximum atomic E-state index is 4.60. The van der Waals surface area contributed by atoms with Crippen LogP contribution in [0.15, 0.2) is 24.3 Å². The number of benzene rings is 1. The minimum atomic E-state index is 1.00. The van der Waals surface area contributed by atoms with Gasteiger partial charge in [-0.2, -0.15) is 11.8 Å². The first kappa shape index (κ1) is 15.4. The van der Waals surface area contributed by atoms with E-state index < -0.39 is 0 Å². The van der Waals surface area contributed by atoms with E-state index in [0.29, 0.717) is 0 Å². The number of nitrogens with one attached hydrogen (secondary N) is 1. The molecule has 1 N–H and O–H groups in total. The van der Waals surface area contributed by atoms with Crippen molar-refractivity contribution < 1.29 is 0 Å². The normalized spacial score (nSPS) is 11.2. The summed E-state index contributed by atoms with van der Waals surface area (Å²) in [4.78, 5) is 7.99. The second-order valence-corrected chi connectivity index (χ2v) is 6.48. The standard InChI is InChI=1S/C17H26N2S/c1-2-3-4-5-6-7-10-13-20-14-17-18-15-11-8-9-12-16(15)19-17/h8-9,11-12H,2-7,10,13-14H2,1H3,(H,18,19). The fraction of sp³-hybridized carbons (Fsp3) is 0.588. The van der Waals surface area contributed by atoms with Crippen LogP contribution in [0.25, 0.3) is 11.0 Å². The average molecular weight is 290 g/mol. The first-order valence-corrected chi connectivity index (χ1v) is 9.07. The van der Waals surface area contributed by atoms with Crippen LogP contribution in [-0.4, -0.2) is 15.7 Å². The van der Waals surface area contributed by atoms with Crippen molar-refractivity contribution in [3.05, 3.63) is 30.1 Å². The first-order chi connectivity index (χ1) is 9.90. The number of hydrogen-bond donors (Lipinski definition) is 1. The lowest BCUT2D eigenvalue weighted by molar-refractivity contribution is 0.603. The number of unbranched alkanes of at least 4 members (excludes halogenated alkanes) is 6. The summed E-state index contributed by atoms with van der Waals surface area (Å²) >= 11 is 2.00. The monoisotopic (exact) mass is 290 g/mol. The Morgan fingerprint density at radius 1 is 1.00 bits per heavy atom. The van der Waals surface area contributed by atoms with E-state index in [1.165, 1.54) is 50.7 Å². The lowest BCUT2D eigenvalue weighted by atomic mass is 10.1. The number of rotatable bonds is 10. The Morgan fingerprint density at radius 3 is 2.55 bits per heavy atom. The predicted molar refractivity (Wildman–Crippen MR) is 90.2 cm³/mol. The molecule has 110 valence electrons. The fourth-order valence-corrected chi connectivity index (χ4v) is 3.29. The summed E-state index contributed by atoms with van der Waals surface area (Å²) in [5.41, 5.74) is 2.23. The molecule has 0 saturated carbocycles. The number of hydrogen-bond acceptors (Lipinski definition) is 2. The second-order valence-electron chi connectivity index (χ2n) is 5.37. The van der Waals surface area contributed by atoms with Gasteiger partial charge in [0.2, 0.25) is 0 Å². The van der Waals surface area contributed by atoms with Crippen molar-refractivity contribution in [1.82, 2.24) is 9.97 Å². The number of imidazole rings is 1. The molecule has 20 heavy (non-hydrogen) atoms. The lowest BCUT2D eigenvalue weighted by Gasteiger charge is -2.01. The minimum absolute atomic E-state index is 1.00. The first-order valence-electron chi connectivity index (χ1n) is 7.91. The molecule has 0 bridgehead atoms. The zero-order chi connectivity index (χ0) is 14.0. The van der Waals surface area contributed by atoms with E-state index >= 15 is 0 Å². The van der Waals surface area contributed by atoms with Crippen LogP contribution in [0, 0.1) is 0 Å². The Balaban J connectivity index is 1.55. The number of fused-ring (bicyclic) bond motifs is 1. The molecular weight excluding hydrogens is 264 g/mol. The van der Waals surface area contributed by atoms with Crippen LogP contribution in [0.1, 0.15) is 57.7 Å². The predicted octanol–water partition coefficient (Wildman–Crippen LogP) is 5.55. The number of nitrogens with zero attached hydrogens (tertiary/aromatic N) is 1. The molecule has 0 aliphatic rings. The van der Waals surface area contributed by atoms with Crippen molar-refractivity contribution in [1.29, 1.82) is 0 Å². The molecule has 0 fully saturated rings. The van der Waals surface area contributed by atoms with Crippen molar-refractivity contribution in [2.75, 3.05) is 5.75 Å². The van der Waals surface area contributed by atoms with Gasteiger partial charge in [-0.25, -0.2) is 4.98 Å². The number of para-hydroxylation sites is 2. The van der Waals surface area contributed by atoms with Crippen molar-refractivity contribution in [3.8, 4) is 0 Å². The van der Waals surface area contributed by atoms with E-state index in [1.54, 1.807) is 0 Å². The second kappa shape index (κ2) is 9.06. The molecule has 0 spiro atoms. The number of thioether (sulfide) groups is 1. The van der Waals surface area contributed by atoms with Gasteiger partial charge in [0.1, 0.15) is 5.82 Å². The number of H-pyrrole nitrogens is 1. The average Bonchev–Trinajstić information content (AvgIpc) is 2.88. The highest BCUT2D eigenvalue weighted by Crippen LogP contribution is 2.17. The van der Waals surface area contributed by atoms with Gasteiger partial charge >= 0.3 is 0 Å². The molecule has 0 radical (unpaired) electrons. The Hall–Kier alpha value is -0.960. The van der Waals surface area contributed by atoms with Gasteiger partial charge in [-0.15, -0.1) is 0 Å². The molecule has 1 heterocycles. The van der Waals surface area contributed by atoms with Crippen LogP contribution < -0.4 is 0 Å². The lowest BCUT2D eigenvalue weighted by Crippen LogP contribution is -1.87. The molecule has 0 aliphatic heterocycles. The molecule has 0 unspecified atom stereocenters. The SMILES string of the molecule is CCCCCCCCCSCc1nc2ccccc2[nH]1. The van der Waals surface area contributed by atoms with Gasteiger partial charge in [-0.3, -0.25) is 0 Å². The Bertz CT molecular complexity index is 459. The van der Waals surface area contributed by atoms with Gasteiger partial charge in [0.05, 0.1) is 16.8 Å². The van der Waals surface area contributed by atoms with E-state index in [4.69, 9.17) is 0 Å². The number of aromatic amines is 1. The third-order valence-corrected chi connectivity index (χ3v) is 4.62. The molecule has 1 aromatic carbocycles. The van der Waals surface area contributed by atoms with E-state index in [0.717, 1.165) is 22.6 Å². The van der Waals surface area contributed by atoms with E-state index in [2.05, 4.69) is 35.1 Å². The van der Waals surface area contributed by atoms with Gasteiger partial charge in [0.25, 0.3) is 0 Å². The van der Waals surface area contributed by atoms with Gasteiger partial charge in [-0.1, -0.05) is 57.6 Å². The highest BCUT2D eigenvalue weighted by atomic mass is 32.2. The van der Waals surface area contributed by atoms with Crippen molar-refractivity contribution >= 4 is 22.8 Å². The van der Waals surface area contributed by atoms with Gasteiger partial charge in [-0.05, 0) is 24.3 Å². The summed E-state index contributed by atoms with van der Waals surface area (Å²) in [5.74, 6) is 3.37. The summed E-state index contributed by atoms with van der Waals surface area (Å²) in [5, 5.41) is 0. The quantitative estimate of drug-likeness (QED) is 0.581. The van der Waals surface area contributed by atoms with Crippen LogP contribution in [0.5, 0.6) is 0 Å². The summed E-state index contributed by atoms with van der Waals surface area (Å²) in [7, 11) is 0. The highest BCUT2D eigenvalue weighted by molar-refractivity contribution is 7.98. The molecule has 1 aromatic heterocycles. The summed E-state index contributed by atoms with van der Waals surface area (Å²) in [6.45, 7) is 2.27. The van der Waals surface area contributed by atoms with Crippen LogP contribution in [-0.2, 0) is 5.75 Å². The van der Waals surface area contributed by atoms with Crippen molar-refractivity contribution in [3.63, 3.8) is 0 Å². The molecule has 2 aromatic rings. The van der Waals surface area contributed by atoms with Crippen LogP contribution in [0.4, 0.5) is 0 Å². The third kappa shape index (κ3) is 5.20. The van der Waals surface area contributed by atoms with Gasteiger partial charge in [0, 0.05) is 0 Å². The van der Waals surface area contributed by atoms with Crippen LogP contribution >= 0.6 is 11.8 Å². The highest BCUT2D eigenvalue weighted by Gasteiger charge is 2.01. The molecular formula is C17H26N2S. The molecule has 3 heteroatoms.